The molecule has 0 radical (unpaired) electrons. The first-order valence-electron chi connectivity index (χ1n) is 9.14. The fraction of sp³-hybridized carbons (Fsp3) is 0.217. The molecular formula is C23H24BrNO3. The summed E-state index contributed by atoms with van der Waals surface area (Å²) in [6, 6.07) is 23.5. The molecule has 3 aromatic carbocycles. The summed E-state index contributed by atoms with van der Waals surface area (Å²) in [5.41, 5.74) is 2.94. The van der Waals surface area contributed by atoms with Crippen LogP contribution >= 0.6 is 15.9 Å². The normalized spacial score (nSPS) is 11.8. The lowest BCUT2D eigenvalue weighted by Crippen LogP contribution is -2.21. The lowest BCUT2D eigenvalue weighted by atomic mass is 10.1. The van der Waals surface area contributed by atoms with Crippen molar-refractivity contribution in [2.75, 3.05) is 13.7 Å². The van der Waals surface area contributed by atoms with E-state index in [4.69, 9.17) is 9.47 Å². The molecule has 0 amide bonds. The van der Waals surface area contributed by atoms with E-state index in [9.17, 15) is 5.11 Å². The Morgan fingerprint density at radius 2 is 1.68 bits per heavy atom. The number of aliphatic hydroxyl groups excluding tert-OH is 1. The summed E-state index contributed by atoms with van der Waals surface area (Å²) in [6.45, 7) is 1.44. The second kappa shape index (κ2) is 10.3. The van der Waals surface area contributed by atoms with E-state index in [0.29, 0.717) is 31.2 Å². The Hall–Kier alpha value is -2.34. The number of rotatable bonds is 9. The molecule has 0 aliphatic rings. The maximum absolute atomic E-state index is 10.3. The van der Waals surface area contributed by atoms with Gasteiger partial charge in [-0.1, -0.05) is 76.6 Å². The zero-order chi connectivity index (χ0) is 19.8. The lowest BCUT2D eigenvalue weighted by Gasteiger charge is -2.17. The number of benzene rings is 3. The summed E-state index contributed by atoms with van der Waals surface area (Å²) >= 11 is 3.53. The van der Waals surface area contributed by atoms with Crippen molar-refractivity contribution in [3.63, 3.8) is 0 Å². The largest absolute Gasteiger partial charge is 0.493 e. The minimum atomic E-state index is -0.566. The van der Waals surface area contributed by atoms with Crippen LogP contribution < -0.4 is 14.8 Å². The third kappa shape index (κ3) is 5.58. The van der Waals surface area contributed by atoms with E-state index in [1.54, 1.807) is 7.11 Å². The van der Waals surface area contributed by atoms with E-state index in [1.807, 2.05) is 72.8 Å². The smallest absolute Gasteiger partial charge is 0.166 e. The summed E-state index contributed by atoms with van der Waals surface area (Å²) in [6.07, 6.45) is -0.566. The van der Waals surface area contributed by atoms with Crippen LogP contribution in [0.25, 0.3) is 0 Å². The van der Waals surface area contributed by atoms with Crippen molar-refractivity contribution in [2.24, 2.45) is 0 Å². The molecule has 0 heterocycles. The molecular weight excluding hydrogens is 418 g/mol. The van der Waals surface area contributed by atoms with Crippen LogP contribution in [-0.4, -0.2) is 18.8 Å². The molecule has 0 saturated heterocycles. The van der Waals surface area contributed by atoms with Crippen LogP contribution in [0.5, 0.6) is 11.5 Å². The number of ether oxygens (including phenoxy) is 2. The number of nitrogens with one attached hydrogen (secondary N) is 1. The van der Waals surface area contributed by atoms with Gasteiger partial charge in [0.1, 0.15) is 6.61 Å². The van der Waals surface area contributed by atoms with Crippen molar-refractivity contribution in [1.29, 1.82) is 0 Å². The Kier molecular flexibility index (Phi) is 7.48. The molecule has 4 nitrogen and oxygen atoms in total. The van der Waals surface area contributed by atoms with Gasteiger partial charge in [0, 0.05) is 23.1 Å². The van der Waals surface area contributed by atoms with Crippen molar-refractivity contribution in [1.82, 2.24) is 5.32 Å². The molecule has 0 aliphatic carbocycles. The van der Waals surface area contributed by atoms with Crippen molar-refractivity contribution in [3.05, 3.63) is 94.0 Å². The summed E-state index contributed by atoms with van der Waals surface area (Å²) in [5, 5.41) is 13.7. The zero-order valence-corrected chi connectivity index (χ0v) is 17.4. The van der Waals surface area contributed by atoms with Crippen LogP contribution in [0.2, 0.25) is 0 Å². The first kappa shape index (κ1) is 20.4. The Balaban J connectivity index is 1.69. The topological polar surface area (TPSA) is 50.7 Å². The molecule has 0 fully saturated rings. The van der Waals surface area contributed by atoms with Gasteiger partial charge in [0.15, 0.2) is 11.5 Å². The van der Waals surface area contributed by atoms with Crippen molar-refractivity contribution in [2.45, 2.75) is 19.3 Å². The summed E-state index contributed by atoms with van der Waals surface area (Å²) in [4.78, 5) is 0. The second-order valence-corrected chi connectivity index (χ2v) is 7.34. The molecule has 0 unspecified atom stereocenters. The number of aliphatic hydroxyl groups is 1. The Morgan fingerprint density at radius 3 is 2.36 bits per heavy atom. The molecule has 146 valence electrons. The maximum Gasteiger partial charge on any atom is 0.166 e. The lowest BCUT2D eigenvalue weighted by molar-refractivity contribution is 0.174. The predicted molar refractivity (Wildman–Crippen MR) is 115 cm³/mol. The van der Waals surface area contributed by atoms with Gasteiger partial charge in [-0.15, -0.1) is 0 Å². The van der Waals surface area contributed by atoms with E-state index >= 15 is 0 Å². The third-order valence-corrected chi connectivity index (χ3v) is 4.84. The van der Waals surface area contributed by atoms with E-state index in [0.717, 1.165) is 21.2 Å². The number of halogens is 1. The molecule has 2 N–H and O–H groups in total. The van der Waals surface area contributed by atoms with Gasteiger partial charge < -0.3 is 19.9 Å². The molecule has 3 aromatic rings. The fourth-order valence-electron chi connectivity index (χ4n) is 2.94. The molecule has 1 atom stereocenters. The average molecular weight is 442 g/mol. The summed E-state index contributed by atoms with van der Waals surface area (Å²) in [7, 11) is 1.63. The van der Waals surface area contributed by atoms with Gasteiger partial charge in [0.05, 0.1) is 13.2 Å². The van der Waals surface area contributed by atoms with E-state index in [2.05, 4.69) is 21.2 Å². The van der Waals surface area contributed by atoms with Gasteiger partial charge in [-0.3, -0.25) is 0 Å². The molecule has 3 rings (SSSR count). The highest BCUT2D eigenvalue weighted by Crippen LogP contribution is 2.35. The number of hydrogen-bond donors (Lipinski definition) is 2. The highest BCUT2D eigenvalue weighted by molar-refractivity contribution is 9.10. The van der Waals surface area contributed by atoms with Gasteiger partial charge in [-0.2, -0.15) is 0 Å². The Bertz CT molecular complexity index is 872. The second-order valence-electron chi connectivity index (χ2n) is 6.43. The average Bonchev–Trinajstić information content (AvgIpc) is 2.74. The molecule has 0 aromatic heterocycles. The monoisotopic (exact) mass is 441 g/mol. The Morgan fingerprint density at radius 1 is 1.00 bits per heavy atom. The van der Waals surface area contributed by atoms with E-state index < -0.39 is 6.10 Å². The first-order chi connectivity index (χ1) is 13.7. The molecule has 0 spiro atoms. The van der Waals surface area contributed by atoms with Gasteiger partial charge >= 0.3 is 0 Å². The molecule has 28 heavy (non-hydrogen) atoms. The minimum absolute atomic E-state index is 0.441. The maximum atomic E-state index is 10.3. The molecule has 5 heteroatoms. The first-order valence-corrected chi connectivity index (χ1v) is 9.93. The van der Waals surface area contributed by atoms with E-state index in [1.165, 1.54) is 0 Å². The quantitative estimate of drug-likeness (QED) is 0.497. The summed E-state index contributed by atoms with van der Waals surface area (Å²) < 4.78 is 12.5. The highest BCUT2D eigenvalue weighted by atomic mass is 79.9. The number of hydrogen-bond acceptors (Lipinski definition) is 4. The highest BCUT2D eigenvalue weighted by Gasteiger charge is 2.14. The van der Waals surface area contributed by atoms with E-state index in [-0.39, 0.29) is 0 Å². The van der Waals surface area contributed by atoms with Gasteiger partial charge in [-0.25, -0.2) is 0 Å². The van der Waals surface area contributed by atoms with Gasteiger partial charge in [0.2, 0.25) is 0 Å². The Labute approximate surface area is 174 Å². The molecule has 0 aliphatic heterocycles. The van der Waals surface area contributed by atoms with Crippen molar-refractivity contribution in [3.8, 4) is 11.5 Å². The summed E-state index contributed by atoms with van der Waals surface area (Å²) in [5.74, 6) is 1.38. The van der Waals surface area contributed by atoms with Crippen LogP contribution in [0.1, 0.15) is 22.8 Å². The molecule has 0 saturated carbocycles. The van der Waals surface area contributed by atoms with Crippen LogP contribution in [0.4, 0.5) is 0 Å². The molecule has 0 bridgehead atoms. The minimum Gasteiger partial charge on any atom is -0.493 e. The van der Waals surface area contributed by atoms with Gasteiger partial charge in [0.25, 0.3) is 0 Å². The fourth-order valence-corrected chi connectivity index (χ4v) is 3.42. The standard InChI is InChI=1S/C23H24BrNO3/c1-27-22-13-20(24)12-19(23(22)28-16-17-8-4-2-5-9-17)14-25-15-21(26)18-10-6-3-7-11-18/h2-13,21,25-26H,14-16H2,1H3/t21-/m0/s1. The number of methoxy groups -OCH3 is 1. The van der Waals surface area contributed by atoms with Crippen LogP contribution in [0, 0.1) is 0 Å². The zero-order valence-electron chi connectivity index (χ0n) is 15.8. The predicted octanol–water partition coefficient (Wildman–Crippen LogP) is 4.86. The van der Waals surface area contributed by atoms with Crippen molar-refractivity contribution >= 4 is 15.9 Å². The SMILES string of the molecule is COc1cc(Br)cc(CNC[C@H](O)c2ccccc2)c1OCc1ccccc1. The van der Waals surface area contributed by atoms with Crippen LogP contribution in [0.3, 0.4) is 0 Å². The van der Waals surface area contributed by atoms with Crippen molar-refractivity contribution < 1.29 is 14.6 Å². The van der Waals surface area contributed by atoms with Crippen LogP contribution in [-0.2, 0) is 13.2 Å². The van der Waals surface area contributed by atoms with Gasteiger partial charge in [-0.05, 0) is 23.3 Å². The van der Waals surface area contributed by atoms with Crippen LogP contribution in [0.15, 0.2) is 77.3 Å². The third-order valence-electron chi connectivity index (χ3n) is 4.38.